The lowest BCUT2D eigenvalue weighted by atomic mass is 9.88. The van der Waals surface area contributed by atoms with E-state index in [4.69, 9.17) is 4.74 Å². The Morgan fingerprint density at radius 2 is 2.21 bits per heavy atom. The molecule has 1 N–H and O–H groups in total. The summed E-state index contributed by atoms with van der Waals surface area (Å²) in [6.45, 7) is 8.66. The molecule has 0 aromatic rings. The SMILES string of the molecule is CCNCC(C)OC1CCCC(C)C1. The first-order chi connectivity index (χ1) is 6.72. The average molecular weight is 199 g/mol. The van der Waals surface area contributed by atoms with Crippen molar-refractivity contribution in [2.24, 2.45) is 5.92 Å². The maximum atomic E-state index is 6.00. The molecule has 3 unspecified atom stereocenters. The average Bonchev–Trinajstić information content (AvgIpc) is 2.15. The second-order valence-electron chi connectivity index (χ2n) is 4.65. The Kier molecular flexibility index (Phi) is 5.49. The molecule has 2 nitrogen and oxygen atoms in total. The molecular formula is C12H25NO. The van der Waals surface area contributed by atoms with Crippen LogP contribution in [0.4, 0.5) is 0 Å². The number of ether oxygens (including phenoxy) is 1. The molecule has 1 aliphatic rings. The number of hydrogen-bond acceptors (Lipinski definition) is 2. The molecule has 0 aromatic carbocycles. The van der Waals surface area contributed by atoms with E-state index in [1.807, 2.05) is 0 Å². The minimum Gasteiger partial charge on any atom is -0.374 e. The minimum absolute atomic E-state index is 0.366. The smallest absolute Gasteiger partial charge is 0.0675 e. The molecule has 0 saturated heterocycles. The summed E-state index contributed by atoms with van der Waals surface area (Å²) in [5.41, 5.74) is 0. The zero-order valence-corrected chi connectivity index (χ0v) is 9.88. The summed E-state index contributed by atoms with van der Waals surface area (Å²) in [5, 5.41) is 3.32. The first-order valence-electron chi connectivity index (χ1n) is 6.08. The molecule has 0 aromatic heterocycles. The van der Waals surface area contributed by atoms with E-state index in [2.05, 4.69) is 26.1 Å². The van der Waals surface area contributed by atoms with E-state index < -0.39 is 0 Å². The Morgan fingerprint density at radius 3 is 2.86 bits per heavy atom. The van der Waals surface area contributed by atoms with Crippen molar-refractivity contribution < 1.29 is 4.74 Å². The van der Waals surface area contributed by atoms with Gasteiger partial charge in [0.25, 0.3) is 0 Å². The van der Waals surface area contributed by atoms with Gasteiger partial charge in [0.15, 0.2) is 0 Å². The summed E-state index contributed by atoms with van der Waals surface area (Å²) in [7, 11) is 0. The Morgan fingerprint density at radius 1 is 1.43 bits per heavy atom. The van der Waals surface area contributed by atoms with Crippen molar-refractivity contribution in [1.29, 1.82) is 0 Å². The van der Waals surface area contributed by atoms with Crippen LogP contribution >= 0.6 is 0 Å². The first-order valence-corrected chi connectivity index (χ1v) is 6.08. The van der Waals surface area contributed by atoms with Gasteiger partial charge in [-0.2, -0.15) is 0 Å². The van der Waals surface area contributed by atoms with E-state index in [9.17, 15) is 0 Å². The largest absolute Gasteiger partial charge is 0.374 e. The zero-order valence-electron chi connectivity index (χ0n) is 9.88. The summed E-state index contributed by atoms with van der Waals surface area (Å²) in [6.07, 6.45) is 6.15. The van der Waals surface area contributed by atoms with Gasteiger partial charge in [-0.05, 0) is 32.2 Å². The second kappa shape index (κ2) is 6.41. The van der Waals surface area contributed by atoms with E-state index in [1.165, 1.54) is 25.7 Å². The van der Waals surface area contributed by atoms with Crippen molar-refractivity contribution in [3.8, 4) is 0 Å². The Labute approximate surface area is 88.4 Å². The molecule has 0 bridgehead atoms. The van der Waals surface area contributed by atoms with Crippen LogP contribution in [0.2, 0.25) is 0 Å². The van der Waals surface area contributed by atoms with Gasteiger partial charge in [0.1, 0.15) is 0 Å². The molecule has 1 aliphatic carbocycles. The summed E-state index contributed by atoms with van der Waals surface area (Å²) >= 11 is 0. The molecule has 2 heteroatoms. The molecule has 14 heavy (non-hydrogen) atoms. The third-order valence-corrected chi connectivity index (χ3v) is 2.99. The third-order valence-electron chi connectivity index (χ3n) is 2.99. The van der Waals surface area contributed by atoms with Crippen LogP contribution in [0.3, 0.4) is 0 Å². The maximum absolute atomic E-state index is 6.00. The van der Waals surface area contributed by atoms with E-state index in [0.29, 0.717) is 12.2 Å². The molecule has 3 atom stereocenters. The van der Waals surface area contributed by atoms with Crippen LogP contribution in [0.1, 0.15) is 46.5 Å². The van der Waals surface area contributed by atoms with Crippen LogP contribution in [0, 0.1) is 5.92 Å². The molecule has 0 spiro atoms. The molecular weight excluding hydrogens is 174 g/mol. The summed E-state index contributed by atoms with van der Waals surface area (Å²) in [5.74, 6) is 0.861. The van der Waals surface area contributed by atoms with Gasteiger partial charge in [0.05, 0.1) is 12.2 Å². The lowest BCUT2D eigenvalue weighted by molar-refractivity contribution is -0.0290. The quantitative estimate of drug-likeness (QED) is 0.735. The maximum Gasteiger partial charge on any atom is 0.0675 e. The van der Waals surface area contributed by atoms with Crippen molar-refractivity contribution in [3.05, 3.63) is 0 Å². The monoisotopic (exact) mass is 199 g/mol. The van der Waals surface area contributed by atoms with Crippen molar-refractivity contribution in [3.63, 3.8) is 0 Å². The highest BCUT2D eigenvalue weighted by atomic mass is 16.5. The van der Waals surface area contributed by atoms with Crippen LogP contribution < -0.4 is 5.32 Å². The lowest BCUT2D eigenvalue weighted by Gasteiger charge is -2.29. The molecule has 1 fully saturated rings. The van der Waals surface area contributed by atoms with Crippen molar-refractivity contribution in [1.82, 2.24) is 5.32 Å². The first kappa shape index (κ1) is 12.0. The van der Waals surface area contributed by atoms with Crippen LogP contribution in [0.25, 0.3) is 0 Å². The predicted molar refractivity (Wildman–Crippen MR) is 60.5 cm³/mol. The van der Waals surface area contributed by atoms with Crippen LogP contribution in [-0.4, -0.2) is 25.3 Å². The van der Waals surface area contributed by atoms with Crippen molar-refractivity contribution >= 4 is 0 Å². The van der Waals surface area contributed by atoms with Gasteiger partial charge in [-0.1, -0.05) is 26.7 Å². The number of likely N-dealkylation sites (N-methyl/N-ethyl adjacent to an activating group) is 1. The highest BCUT2D eigenvalue weighted by molar-refractivity contribution is 4.72. The number of hydrogen-bond donors (Lipinski definition) is 1. The topological polar surface area (TPSA) is 21.3 Å². The van der Waals surface area contributed by atoms with Crippen LogP contribution in [0.15, 0.2) is 0 Å². The summed E-state index contributed by atoms with van der Waals surface area (Å²) in [6, 6.07) is 0. The van der Waals surface area contributed by atoms with Crippen molar-refractivity contribution in [2.75, 3.05) is 13.1 Å². The Hall–Kier alpha value is -0.0800. The fourth-order valence-electron chi connectivity index (χ4n) is 2.23. The highest BCUT2D eigenvalue weighted by Gasteiger charge is 2.20. The van der Waals surface area contributed by atoms with E-state index in [-0.39, 0.29) is 0 Å². The van der Waals surface area contributed by atoms with Crippen LogP contribution in [-0.2, 0) is 4.74 Å². The molecule has 1 saturated carbocycles. The lowest BCUT2D eigenvalue weighted by Crippen LogP contribution is -2.32. The molecule has 0 aliphatic heterocycles. The van der Waals surface area contributed by atoms with Gasteiger partial charge >= 0.3 is 0 Å². The minimum atomic E-state index is 0.366. The number of nitrogens with one attached hydrogen (secondary N) is 1. The third kappa shape index (κ3) is 4.43. The summed E-state index contributed by atoms with van der Waals surface area (Å²) in [4.78, 5) is 0. The number of rotatable bonds is 5. The zero-order chi connectivity index (χ0) is 10.4. The van der Waals surface area contributed by atoms with Gasteiger partial charge in [-0.3, -0.25) is 0 Å². The fourth-order valence-corrected chi connectivity index (χ4v) is 2.23. The van der Waals surface area contributed by atoms with Gasteiger partial charge in [0.2, 0.25) is 0 Å². The Balaban J connectivity index is 2.15. The van der Waals surface area contributed by atoms with Crippen LogP contribution in [0.5, 0.6) is 0 Å². The van der Waals surface area contributed by atoms with Crippen molar-refractivity contribution in [2.45, 2.75) is 58.7 Å². The molecule has 1 rings (SSSR count). The van der Waals surface area contributed by atoms with Gasteiger partial charge in [-0.25, -0.2) is 0 Å². The van der Waals surface area contributed by atoms with Gasteiger partial charge in [0, 0.05) is 6.54 Å². The van der Waals surface area contributed by atoms with Gasteiger partial charge < -0.3 is 10.1 Å². The molecule has 84 valence electrons. The van der Waals surface area contributed by atoms with E-state index >= 15 is 0 Å². The molecule has 0 amide bonds. The predicted octanol–water partition coefficient (Wildman–Crippen LogP) is 2.58. The van der Waals surface area contributed by atoms with E-state index in [1.54, 1.807) is 0 Å². The highest BCUT2D eigenvalue weighted by Crippen LogP contribution is 2.26. The van der Waals surface area contributed by atoms with Gasteiger partial charge in [-0.15, -0.1) is 0 Å². The Bertz CT molecular complexity index is 149. The second-order valence-corrected chi connectivity index (χ2v) is 4.65. The standard InChI is InChI=1S/C12H25NO/c1-4-13-9-11(3)14-12-7-5-6-10(2)8-12/h10-13H,4-9H2,1-3H3. The fraction of sp³-hybridized carbons (Fsp3) is 1.00. The normalized spacial score (nSPS) is 30.2. The molecule has 0 radical (unpaired) electrons. The van der Waals surface area contributed by atoms with E-state index in [0.717, 1.165) is 19.0 Å². The molecule has 0 heterocycles. The summed E-state index contributed by atoms with van der Waals surface area (Å²) < 4.78 is 6.00.